The Labute approximate surface area is 110 Å². The van der Waals surface area contributed by atoms with Crippen LogP contribution in [0, 0.1) is 6.92 Å². The predicted octanol–water partition coefficient (Wildman–Crippen LogP) is 2.27. The van der Waals surface area contributed by atoms with E-state index in [0.29, 0.717) is 17.8 Å². The van der Waals surface area contributed by atoms with Gasteiger partial charge in [-0.15, -0.1) is 5.10 Å². The normalized spacial score (nSPS) is 15.6. The maximum atomic E-state index is 4.97. The van der Waals surface area contributed by atoms with Crippen LogP contribution >= 0.6 is 0 Å². The molecule has 2 N–H and O–H groups in total. The first-order chi connectivity index (χ1) is 9.29. The van der Waals surface area contributed by atoms with Crippen LogP contribution in [-0.4, -0.2) is 26.4 Å². The third kappa shape index (κ3) is 2.98. The van der Waals surface area contributed by atoms with Crippen molar-refractivity contribution in [2.45, 2.75) is 38.6 Å². The number of anilines is 3. The van der Waals surface area contributed by atoms with Crippen LogP contribution in [0.25, 0.3) is 0 Å². The molecule has 7 nitrogen and oxygen atoms in total. The van der Waals surface area contributed by atoms with Crippen molar-refractivity contribution in [1.82, 2.24) is 20.3 Å². The van der Waals surface area contributed by atoms with Crippen molar-refractivity contribution in [3.05, 3.63) is 18.0 Å². The molecule has 0 bridgehead atoms. The molecule has 2 heterocycles. The second-order valence-electron chi connectivity index (χ2n) is 4.74. The third-order valence-electron chi connectivity index (χ3n) is 3.13. The highest BCUT2D eigenvalue weighted by atomic mass is 16.5. The topological polar surface area (TPSA) is 88.8 Å². The van der Waals surface area contributed by atoms with Gasteiger partial charge in [-0.2, -0.15) is 10.1 Å². The Morgan fingerprint density at radius 2 is 2.11 bits per heavy atom. The number of hydrogen-bond acceptors (Lipinski definition) is 7. The zero-order valence-electron chi connectivity index (χ0n) is 10.8. The number of hydrogen-bond donors (Lipinski definition) is 2. The fourth-order valence-corrected chi connectivity index (χ4v) is 2.25. The van der Waals surface area contributed by atoms with E-state index in [1.165, 1.54) is 25.7 Å². The highest BCUT2D eigenvalue weighted by Crippen LogP contribution is 2.21. The molecule has 0 unspecified atom stereocenters. The molecule has 0 amide bonds. The minimum Gasteiger partial charge on any atom is -0.366 e. The highest BCUT2D eigenvalue weighted by molar-refractivity contribution is 5.49. The summed E-state index contributed by atoms with van der Waals surface area (Å²) in [7, 11) is 0. The zero-order chi connectivity index (χ0) is 13.1. The molecule has 7 heteroatoms. The van der Waals surface area contributed by atoms with E-state index in [9.17, 15) is 0 Å². The second kappa shape index (κ2) is 5.21. The lowest BCUT2D eigenvalue weighted by molar-refractivity contribution is 0.400. The van der Waals surface area contributed by atoms with Crippen LogP contribution < -0.4 is 10.6 Å². The van der Waals surface area contributed by atoms with Gasteiger partial charge in [0.2, 0.25) is 5.95 Å². The van der Waals surface area contributed by atoms with Crippen molar-refractivity contribution >= 4 is 17.6 Å². The molecule has 0 aliphatic heterocycles. The fraction of sp³-hybridized carbons (Fsp3) is 0.500. The van der Waals surface area contributed by atoms with Crippen LogP contribution in [0.15, 0.2) is 16.8 Å². The molecule has 19 heavy (non-hydrogen) atoms. The molecule has 0 saturated heterocycles. The summed E-state index contributed by atoms with van der Waals surface area (Å²) in [5.74, 6) is 2.47. The second-order valence-corrected chi connectivity index (χ2v) is 4.74. The Morgan fingerprint density at radius 3 is 2.84 bits per heavy atom. The first-order valence-corrected chi connectivity index (χ1v) is 6.46. The van der Waals surface area contributed by atoms with Crippen molar-refractivity contribution in [3.63, 3.8) is 0 Å². The van der Waals surface area contributed by atoms with Gasteiger partial charge in [-0.1, -0.05) is 18.0 Å². The smallest absolute Gasteiger partial charge is 0.250 e. The molecule has 1 saturated carbocycles. The molecule has 0 aromatic carbocycles. The monoisotopic (exact) mass is 260 g/mol. The van der Waals surface area contributed by atoms with E-state index in [0.717, 1.165) is 11.6 Å². The number of nitrogens with one attached hydrogen (secondary N) is 2. The first-order valence-electron chi connectivity index (χ1n) is 6.46. The average molecular weight is 260 g/mol. The van der Waals surface area contributed by atoms with Crippen LogP contribution in [0.5, 0.6) is 0 Å². The van der Waals surface area contributed by atoms with Crippen LogP contribution in [0.3, 0.4) is 0 Å². The minimum absolute atomic E-state index is 0.413. The van der Waals surface area contributed by atoms with E-state index in [1.807, 2.05) is 6.92 Å². The van der Waals surface area contributed by atoms with Gasteiger partial charge in [-0.3, -0.25) is 0 Å². The van der Waals surface area contributed by atoms with Crippen molar-refractivity contribution in [2.24, 2.45) is 0 Å². The molecule has 1 fully saturated rings. The molecule has 0 radical (unpaired) electrons. The molecule has 100 valence electrons. The van der Waals surface area contributed by atoms with E-state index < -0.39 is 0 Å². The number of aromatic nitrogens is 4. The van der Waals surface area contributed by atoms with Crippen LogP contribution in [0.4, 0.5) is 17.6 Å². The van der Waals surface area contributed by atoms with Crippen molar-refractivity contribution < 1.29 is 4.52 Å². The van der Waals surface area contributed by atoms with Gasteiger partial charge >= 0.3 is 0 Å². The van der Waals surface area contributed by atoms with Crippen LogP contribution in [0.2, 0.25) is 0 Å². The van der Waals surface area contributed by atoms with E-state index in [1.54, 1.807) is 12.3 Å². The van der Waals surface area contributed by atoms with Gasteiger partial charge in [0.05, 0.1) is 6.20 Å². The highest BCUT2D eigenvalue weighted by Gasteiger charge is 2.15. The quantitative estimate of drug-likeness (QED) is 0.871. The summed E-state index contributed by atoms with van der Waals surface area (Å²) in [6, 6.07) is 2.28. The van der Waals surface area contributed by atoms with Gasteiger partial charge < -0.3 is 15.2 Å². The Bertz CT molecular complexity index is 549. The zero-order valence-corrected chi connectivity index (χ0v) is 10.8. The van der Waals surface area contributed by atoms with Gasteiger partial charge in [-0.05, 0) is 19.8 Å². The molecular weight excluding hydrogens is 244 g/mol. The Hall–Kier alpha value is -2.18. The van der Waals surface area contributed by atoms with E-state index in [4.69, 9.17) is 4.52 Å². The van der Waals surface area contributed by atoms with Crippen LogP contribution in [0.1, 0.15) is 31.4 Å². The van der Waals surface area contributed by atoms with Crippen LogP contribution in [-0.2, 0) is 0 Å². The fourth-order valence-electron chi connectivity index (χ4n) is 2.25. The Kier molecular flexibility index (Phi) is 3.26. The molecule has 1 aliphatic carbocycles. The summed E-state index contributed by atoms with van der Waals surface area (Å²) in [5.41, 5.74) is 0. The average Bonchev–Trinajstić information content (AvgIpc) is 3.02. The predicted molar refractivity (Wildman–Crippen MR) is 70.2 cm³/mol. The molecule has 2 aromatic heterocycles. The van der Waals surface area contributed by atoms with Gasteiger partial charge in [0.25, 0.3) is 0 Å². The lowest BCUT2D eigenvalue weighted by Gasteiger charge is -2.12. The molecule has 3 rings (SSSR count). The van der Waals surface area contributed by atoms with E-state index >= 15 is 0 Å². The summed E-state index contributed by atoms with van der Waals surface area (Å²) in [4.78, 5) is 4.36. The number of rotatable bonds is 4. The minimum atomic E-state index is 0.413. The summed E-state index contributed by atoms with van der Waals surface area (Å²) in [6.07, 6.45) is 6.57. The lowest BCUT2D eigenvalue weighted by atomic mass is 10.2. The summed E-state index contributed by atoms with van der Waals surface area (Å²) in [6.45, 7) is 1.83. The summed E-state index contributed by atoms with van der Waals surface area (Å²) < 4.78 is 4.97. The number of nitrogens with zero attached hydrogens (tertiary/aromatic N) is 4. The van der Waals surface area contributed by atoms with Crippen molar-refractivity contribution in [2.75, 3.05) is 10.6 Å². The van der Waals surface area contributed by atoms with Gasteiger partial charge in [0.15, 0.2) is 11.6 Å². The largest absolute Gasteiger partial charge is 0.366 e. The van der Waals surface area contributed by atoms with Crippen molar-refractivity contribution in [3.8, 4) is 0 Å². The molecule has 2 aromatic rings. The summed E-state index contributed by atoms with van der Waals surface area (Å²) >= 11 is 0. The van der Waals surface area contributed by atoms with Gasteiger partial charge in [0, 0.05) is 12.1 Å². The third-order valence-corrected chi connectivity index (χ3v) is 3.13. The standard InChI is InChI=1S/C12H16N6O/c1-8-6-10(18-19-8)15-12-16-11(7-13-17-12)14-9-4-2-3-5-9/h6-7,9H,2-5H2,1H3,(H2,14,15,16,17,18). The van der Waals surface area contributed by atoms with E-state index in [-0.39, 0.29) is 0 Å². The molecular formula is C12H16N6O. The SMILES string of the molecule is Cc1cc(Nc2nncc(NC3CCCC3)n2)no1. The molecule has 1 aliphatic rings. The number of aryl methyl sites for hydroxylation is 1. The van der Waals surface area contributed by atoms with E-state index in [2.05, 4.69) is 31.0 Å². The molecule has 0 atom stereocenters. The summed E-state index contributed by atoms with van der Waals surface area (Å²) in [5, 5.41) is 18.0. The maximum Gasteiger partial charge on any atom is 0.250 e. The maximum absolute atomic E-state index is 4.97. The molecule has 0 spiro atoms. The van der Waals surface area contributed by atoms with Crippen molar-refractivity contribution in [1.29, 1.82) is 0 Å². The van der Waals surface area contributed by atoms with Gasteiger partial charge in [0.1, 0.15) is 5.76 Å². The Morgan fingerprint density at radius 1 is 1.26 bits per heavy atom. The van der Waals surface area contributed by atoms with Gasteiger partial charge in [-0.25, -0.2) is 0 Å². The first kappa shape index (κ1) is 11.9. The Balaban J connectivity index is 1.68. The lowest BCUT2D eigenvalue weighted by Crippen LogP contribution is -2.16.